The smallest absolute Gasteiger partial charge is 0.223 e. The average Bonchev–Trinajstić information content (AvgIpc) is 3.21. The second-order valence-corrected chi connectivity index (χ2v) is 10.7. The van der Waals surface area contributed by atoms with Gasteiger partial charge in [-0.2, -0.15) is 0 Å². The maximum absolute atomic E-state index is 12.6. The van der Waals surface area contributed by atoms with E-state index in [1.807, 2.05) is 36.4 Å². The van der Waals surface area contributed by atoms with E-state index in [0.717, 1.165) is 26.7 Å². The van der Waals surface area contributed by atoms with E-state index in [-0.39, 0.29) is 23.8 Å². The van der Waals surface area contributed by atoms with Gasteiger partial charge in [0.05, 0.1) is 28.8 Å². The lowest BCUT2D eigenvalue weighted by atomic mass is 10.2. The number of thiazole rings is 1. The quantitative estimate of drug-likeness (QED) is 0.541. The number of ether oxygens (including phenoxy) is 1. The minimum Gasteiger partial charge on any atom is -0.497 e. The molecule has 1 aliphatic rings. The predicted octanol–water partition coefficient (Wildman–Crippen LogP) is 2.96. The third kappa shape index (κ3) is 5.34. The number of piperazine rings is 1. The number of anilines is 1. The van der Waals surface area contributed by atoms with E-state index in [0.29, 0.717) is 26.2 Å². The number of hydrogen-bond acceptors (Lipinski definition) is 7. The number of aromatic nitrogens is 1. The van der Waals surface area contributed by atoms with Crippen molar-refractivity contribution in [3.63, 3.8) is 0 Å². The molecule has 2 aromatic carbocycles. The molecule has 4 rings (SSSR count). The minimum atomic E-state index is -3.32. The predicted molar refractivity (Wildman–Crippen MR) is 124 cm³/mol. The lowest BCUT2D eigenvalue weighted by molar-refractivity contribution is -0.131. The summed E-state index contributed by atoms with van der Waals surface area (Å²) in [6.07, 6.45) is 0.0239. The van der Waals surface area contributed by atoms with Gasteiger partial charge >= 0.3 is 0 Å². The maximum atomic E-state index is 12.6. The highest BCUT2D eigenvalue weighted by atomic mass is 32.2. The van der Waals surface area contributed by atoms with E-state index in [1.54, 1.807) is 35.5 Å². The molecule has 31 heavy (non-hydrogen) atoms. The van der Waals surface area contributed by atoms with Crippen molar-refractivity contribution in [3.8, 4) is 5.75 Å². The fourth-order valence-corrected chi connectivity index (χ4v) is 5.98. The van der Waals surface area contributed by atoms with Crippen molar-refractivity contribution in [3.05, 3.63) is 54.1 Å². The average molecular weight is 460 g/mol. The van der Waals surface area contributed by atoms with Gasteiger partial charge < -0.3 is 14.5 Å². The van der Waals surface area contributed by atoms with Crippen molar-refractivity contribution in [2.45, 2.75) is 12.2 Å². The van der Waals surface area contributed by atoms with E-state index in [2.05, 4.69) is 4.90 Å². The molecule has 0 unspecified atom stereocenters. The van der Waals surface area contributed by atoms with E-state index >= 15 is 0 Å². The topological polar surface area (TPSA) is 79.8 Å². The highest BCUT2D eigenvalue weighted by Gasteiger charge is 2.24. The number of amides is 1. The SMILES string of the molecule is COc1ccc2nc(N3CCN(C(=O)CCS(=O)(=O)Cc4ccccc4)CC3)sc2c1. The summed E-state index contributed by atoms with van der Waals surface area (Å²) in [5.41, 5.74) is 1.68. The minimum absolute atomic E-state index is 0.0239. The normalized spacial score (nSPS) is 14.7. The van der Waals surface area contributed by atoms with Crippen LogP contribution in [-0.4, -0.2) is 63.3 Å². The van der Waals surface area contributed by atoms with Crippen molar-refractivity contribution in [2.24, 2.45) is 0 Å². The first-order valence-electron chi connectivity index (χ1n) is 10.2. The molecule has 0 N–H and O–H groups in total. The van der Waals surface area contributed by atoms with Crippen molar-refractivity contribution in [1.29, 1.82) is 0 Å². The zero-order valence-corrected chi connectivity index (χ0v) is 19.0. The lowest BCUT2D eigenvalue weighted by Gasteiger charge is -2.34. The molecule has 1 aliphatic heterocycles. The van der Waals surface area contributed by atoms with E-state index in [9.17, 15) is 13.2 Å². The van der Waals surface area contributed by atoms with Crippen LogP contribution in [0.5, 0.6) is 5.75 Å². The second-order valence-electron chi connectivity index (χ2n) is 7.53. The van der Waals surface area contributed by atoms with Crippen LogP contribution in [0, 0.1) is 0 Å². The number of carbonyl (C=O) groups excluding carboxylic acids is 1. The first-order valence-corrected chi connectivity index (χ1v) is 12.8. The molecule has 1 aromatic heterocycles. The van der Waals surface area contributed by atoms with Crippen molar-refractivity contribution >= 4 is 42.4 Å². The van der Waals surface area contributed by atoms with Gasteiger partial charge in [0.15, 0.2) is 15.0 Å². The molecule has 164 valence electrons. The van der Waals surface area contributed by atoms with Crippen LogP contribution >= 0.6 is 11.3 Å². The first kappa shape index (κ1) is 21.6. The Kier molecular flexibility index (Phi) is 6.43. The molecule has 3 aromatic rings. The molecule has 7 nitrogen and oxygen atoms in total. The summed E-state index contributed by atoms with van der Waals surface area (Å²) >= 11 is 1.61. The summed E-state index contributed by atoms with van der Waals surface area (Å²) in [4.78, 5) is 21.2. The summed E-state index contributed by atoms with van der Waals surface area (Å²) in [6.45, 7) is 2.49. The van der Waals surface area contributed by atoms with Crippen molar-refractivity contribution in [1.82, 2.24) is 9.88 Å². The van der Waals surface area contributed by atoms with Gasteiger partial charge in [-0.3, -0.25) is 4.79 Å². The van der Waals surface area contributed by atoms with Gasteiger partial charge in [-0.25, -0.2) is 13.4 Å². The highest BCUT2D eigenvalue weighted by Crippen LogP contribution is 2.31. The Bertz CT molecular complexity index is 1150. The van der Waals surface area contributed by atoms with Crippen LogP contribution in [0.15, 0.2) is 48.5 Å². The van der Waals surface area contributed by atoms with Crippen LogP contribution in [0.2, 0.25) is 0 Å². The molecule has 0 aliphatic carbocycles. The number of carbonyl (C=O) groups is 1. The Balaban J connectivity index is 1.29. The molecule has 1 saturated heterocycles. The van der Waals surface area contributed by atoms with Gasteiger partial charge in [-0.15, -0.1) is 0 Å². The Labute approximate surface area is 186 Å². The molecule has 1 fully saturated rings. The van der Waals surface area contributed by atoms with Crippen LogP contribution in [-0.2, 0) is 20.4 Å². The third-order valence-corrected chi connectivity index (χ3v) is 8.02. The van der Waals surface area contributed by atoms with Gasteiger partial charge in [0.1, 0.15) is 5.75 Å². The van der Waals surface area contributed by atoms with Crippen LogP contribution < -0.4 is 9.64 Å². The third-order valence-electron chi connectivity index (χ3n) is 5.34. The zero-order chi connectivity index (χ0) is 21.8. The summed E-state index contributed by atoms with van der Waals surface area (Å²) < 4.78 is 31.1. The lowest BCUT2D eigenvalue weighted by Crippen LogP contribution is -2.49. The number of methoxy groups -OCH3 is 1. The number of benzene rings is 2. The molecular formula is C22H25N3O4S2. The van der Waals surface area contributed by atoms with Crippen molar-refractivity contribution in [2.75, 3.05) is 43.9 Å². The standard InChI is InChI=1S/C22H25N3O4S2/c1-29-18-7-8-19-20(15-18)30-22(23-19)25-12-10-24(11-13-25)21(26)9-14-31(27,28)16-17-5-3-2-4-6-17/h2-8,15H,9-14,16H2,1H3. The molecular weight excluding hydrogens is 434 g/mol. The summed E-state index contributed by atoms with van der Waals surface area (Å²) in [5, 5.41) is 0.931. The molecule has 0 atom stereocenters. The fourth-order valence-electron chi connectivity index (χ4n) is 3.60. The van der Waals surface area contributed by atoms with Gasteiger partial charge in [0.25, 0.3) is 0 Å². The number of sulfone groups is 1. The molecule has 1 amide bonds. The van der Waals surface area contributed by atoms with Gasteiger partial charge in [0, 0.05) is 32.6 Å². The maximum Gasteiger partial charge on any atom is 0.223 e. The summed E-state index contributed by atoms with van der Waals surface area (Å²) in [7, 11) is -1.67. The summed E-state index contributed by atoms with van der Waals surface area (Å²) in [6, 6.07) is 14.9. The number of hydrogen-bond donors (Lipinski definition) is 0. The monoisotopic (exact) mass is 459 g/mol. The number of nitrogens with zero attached hydrogens (tertiary/aromatic N) is 3. The second kappa shape index (κ2) is 9.23. The summed E-state index contributed by atoms with van der Waals surface area (Å²) in [5.74, 6) is 0.545. The van der Waals surface area contributed by atoms with Crippen LogP contribution in [0.1, 0.15) is 12.0 Å². The van der Waals surface area contributed by atoms with Crippen molar-refractivity contribution < 1.29 is 17.9 Å². The van der Waals surface area contributed by atoms with Gasteiger partial charge in [-0.1, -0.05) is 41.7 Å². The molecule has 9 heteroatoms. The largest absolute Gasteiger partial charge is 0.497 e. The zero-order valence-electron chi connectivity index (χ0n) is 17.4. The van der Waals surface area contributed by atoms with E-state index in [1.165, 1.54) is 0 Å². The molecule has 0 saturated carbocycles. The Morgan fingerprint density at radius 1 is 1.10 bits per heavy atom. The Morgan fingerprint density at radius 2 is 1.84 bits per heavy atom. The van der Waals surface area contributed by atoms with Crippen LogP contribution in [0.25, 0.3) is 10.2 Å². The van der Waals surface area contributed by atoms with Gasteiger partial charge in [-0.05, 0) is 23.8 Å². The van der Waals surface area contributed by atoms with E-state index in [4.69, 9.17) is 9.72 Å². The fraction of sp³-hybridized carbons (Fsp3) is 0.364. The highest BCUT2D eigenvalue weighted by molar-refractivity contribution is 7.90. The first-order chi connectivity index (χ1) is 14.9. The van der Waals surface area contributed by atoms with Crippen LogP contribution in [0.4, 0.5) is 5.13 Å². The van der Waals surface area contributed by atoms with Gasteiger partial charge in [0.2, 0.25) is 5.91 Å². The molecule has 0 spiro atoms. The Hall–Kier alpha value is -2.65. The molecule has 0 bridgehead atoms. The molecule has 0 radical (unpaired) electrons. The van der Waals surface area contributed by atoms with Crippen LogP contribution in [0.3, 0.4) is 0 Å². The molecule has 2 heterocycles. The number of fused-ring (bicyclic) bond motifs is 1. The number of rotatable bonds is 7. The Morgan fingerprint density at radius 3 is 2.55 bits per heavy atom. The van der Waals surface area contributed by atoms with E-state index < -0.39 is 9.84 Å².